The Hall–Kier alpha value is 0. The van der Waals surface area contributed by atoms with Crippen molar-refractivity contribution >= 4 is 0 Å². The summed E-state index contributed by atoms with van der Waals surface area (Å²) in [7, 11) is 0. The molecule has 0 aromatic rings. The van der Waals surface area contributed by atoms with Crippen LogP contribution in [-0.2, 0) is 0 Å². The average molecular weight is 112 g/mol. The largest absolute Gasteiger partial charge is 0.0651 e. The minimum atomic E-state index is 0.991. The summed E-state index contributed by atoms with van der Waals surface area (Å²) in [5.41, 5.74) is 0. The SMILES string of the molecule is CCC(C)C1CC1C. The highest BCUT2D eigenvalue weighted by molar-refractivity contribution is 4.85. The van der Waals surface area contributed by atoms with Crippen LogP contribution in [0.1, 0.15) is 33.6 Å². The van der Waals surface area contributed by atoms with Crippen molar-refractivity contribution in [2.45, 2.75) is 33.6 Å². The fourth-order valence-corrected chi connectivity index (χ4v) is 1.45. The van der Waals surface area contributed by atoms with Crippen LogP contribution in [0.25, 0.3) is 0 Å². The molecule has 0 aliphatic heterocycles. The van der Waals surface area contributed by atoms with E-state index in [4.69, 9.17) is 0 Å². The van der Waals surface area contributed by atoms with Gasteiger partial charge < -0.3 is 0 Å². The summed E-state index contributed by atoms with van der Waals surface area (Å²) in [6, 6.07) is 0. The maximum atomic E-state index is 2.37. The third-order valence-electron chi connectivity index (χ3n) is 2.55. The van der Waals surface area contributed by atoms with Gasteiger partial charge in [0, 0.05) is 0 Å². The lowest BCUT2D eigenvalue weighted by atomic mass is 10.0. The van der Waals surface area contributed by atoms with Gasteiger partial charge in [-0.05, 0) is 24.2 Å². The highest BCUT2D eigenvalue weighted by Gasteiger charge is 2.35. The zero-order valence-electron chi connectivity index (χ0n) is 6.15. The van der Waals surface area contributed by atoms with Crippen LogP contribution in [0.2, 0.25) is 0 Å². The van der Waals surface area contributed by atoms with E-state index in [0.717, 1.165) is 17.8 Å². The maximum Gasteiger partial charge on any atom is -0.0360 e. The van der Waals surface area contributed by atoms with E-state index in [1.165, 1.54) is 12.8 Å². The molecule has 0 heterocycles. The summed E-state index contributed by atoms with van der Waals surface area (Å²) < 4.78 is 0. The van der Waals surface area contributed by atoms with Gasteiger partial charge in [-0.3, -0.25) is 0 Å². The first-order valence-corrected chi connectivity index (χ1v) is 3.75. The van der Waals surface area contributed by atoms with Crippen LogP contribution in [0, 0.1) is 17.8 Å². The monoisotopic (exact) mass is 112 g/mol. The third kappa shape index (κ3) is 1.04. The second kappa shape index (κ2) is 2.08. The molecular formula is C8H16. The second-order valence-electron chi connectivity index (χ2n) is 3.26. The Morgan fingerprint density at radius 1 is 1.62 bits per heavy atom. The van der Waals surface area contributed by atoms with Gasteiger partial charge in [0.1, 0.15) is 0 Å². The van der Waals surface area contributed by atoms with Crippen LogP contribution in [0.4, 0.5) is 0 Å². The first kappa shape index (κ1) is 6.12. The second-order valence-corrected chi connectivity index (χ2v) is 3.26. The lowest BCUT2D eigenvalue weighted by Crippen LogP contribution is -1.94. The highest BCUT2D eigenvalue weighted by Crippen LogP contribution is 2.44. The van der Waals surface area contributed by atoms with E-state index in [-0.39, 0.29) is 0 Å². The Balaban J connectivity index is 2.18. The van der Waals surface area contributed by atoms with Crippen LogP contribution in [0.15, 0.2) is 0 Å². The number of hydrogen-bond donors (Lipinski definition) is 0. The van der Waals surface area contributed by atoms with E-state index >= 15 is 0 Å². The Kier molecular flexibility index (Phi) is 1.59. The molecule has 48 valence electrons. The minimum absolute atomic E-state index is 0.991. The van der Waals surface area contributed by atoms with Gasteiger partial charge in [-0.2, -0.15) is 0 Å². The fraction of sp³-hybridized carbons (Fsp3) is 1.00. The molecule has 1 fully saturated rings. The van der Waals surface area contributed by atoms with Crippen molar-refractivity contribution in [3.63, 3.8) is 0 Å². The molecule has 0 radical (unpaired) electrons. The van der Waals surface area contributed by atoms with Gasteiger partial charge in [0.25, 0.3) is 0 Å². The normalized spacial score (nSPS) is 39.4. The standard InChI is InChI=1S/C8H16/c1-4-6(2)8-5-7(8)3/h6-8H,4-5H2,1-3H3. The Bertz CT molecular complexity index is 74.1. The van der Waals surface area contributed by atoms with Crippen molar-refractivity contribution in [1.82, 2.24) is 0 Å². The van der Waals surface area contributed by atoms with Crippen LogP contribution in [-0.4, -0.2) is 0 Å². The fourth-order valence-electron chi connectivity index (χ4n) is 1.45. The predicted molar refractivity (Wildman–Crippen MR) is 36.7 cm³/mol. The van der Waals surface area contributed by atoms with Gasteiger partial charge >= 0.3 is 0 Å². The van der Waals surface area contributed by atoms with Crippen molar-refractivity contribution in [1.29, 1.82) is 0 Å². The summed E-state index contributed by atoms with van der Waals surface area (Å²) >= 11 is 0. The molecule has 0 nitrogen and oxygen atoms in total. The highest BCUT2D eigenvalue weighted by atomic mass is 14.4. The van der Waals surface area contributed by atoms with Crippen LogP contribution in [0.5, 0.6) is 0 Å². The van der Waals surface area contributed by atoms with Crippen LogP contribution < -0.4 is 0 Å². The van der Waals surface area contributed by atoms with E-state index in [1.807, 2.05) is 0 Å². The zero-order valence-corrected chi connectivity index (χ0v) is 6.15. The van der Waals surface area contributed by atoms with E-state index < -0.39 is 0 Å². The lowest BCUT2D eigenvalue weighted by Gasteiger charge is -2.03. The topological polar surface area (TPSA) is 0 Å². The minimum Gasteiger partial charge on any atom is -0.0651 e. The predicted octanol–water partition coefficient (Wildman–Crippen LogP) is 2.69. The summed E-state index contributed by atoms with van der Waals surface area (Å²) in [5, 5.41) is 0. The van der Waals surface area contributed by atoms with Crippen LogP contribution in [0.3, 0.4) is 0 Å². The van der Waals surface area contributed by atoms with Crippen molar-refractivity contribution in [2.24, 2.45) is 17.8 Å². The molecule has 0 spiro atoms. The van der Waals surface area contributed by atoms with Crippen molar-refractivity contribution in [2.75, 3.05) is 0 Å². The van der Waals surface area contributed by atoms with Crippen molar-refractivity contribution < 1.29 is 0 Å². The molecule has 0 aromatic heterocycles. The van der Waals surface area contributed by atoms with Gasteiger partial charge in [-0.15, -0.1) is 0 Å². The van der Waals surface area contributed by atoms with Gasteiger partial charge in [-0.25, -0.2) is 0 Å². The quantitative estimate of drug-likeness (QED) is 0.515. The van der Waals surface area contributed by atoms with Gasteiger partial charge in [0.05, 0.1) is 0 Å². The van der Waals surface area contributed by atoms with Gasteiger partial charge in [0.2, 0.25) is 0 Å². The maximum absolute atomic E-state index is 2.37. The van der Waals surface area contributed by atoms with Crippen LogP contribution >= 0.6 is 0 Å². The molecule has 1 rings (SSSR count). The first-order chi connectivity index (χ1) is 3.75. The summed E-state index contributed by atoms with van der Waals surface area (Å²) in [5.74, 6) is 3.12. The molecule has 0 amide bonds. The molecule has 0 heteroatoms. The average Bonchev–Trinajstić information content (AvgIpc) is 2.45. The molecule has 8 heavy (non-hydrogen) atoms. The lowest BCUT2D eigenvalue weighted by molar-refractivity contribution is 0.469. The molecule has 0 bridgehead atoms. The molecule has 3 atom stereocenters. The molecule has 1 aliphatic carbocycles. The molecule has 1 aliphatic rings. The van der Waals surface area contributed by atoms with E-state index in [9.17, 15) is 0 Å². The smallest absolute Gasteiger partial charge is 0.0360 e. The number of rotatable bonds is 2. The zero-order chi connectivity index (χ0) is 6.15. The Labute approximate surface area is 52.3 Å². The Morgan fingerprint density at radius 3 is 2.25 bits per heavy atom. The molecular weight excluding hydrogens is 96.1 g/mol. The Morgan fingerprint density at radius 2 is 2.12 bits per heavy atom. The van der Waals surface area contributed by atoms with E-state index in [1.54, 1.807) is 0 Å². The van der Waals surface area contributed by atoms with Crippen molar-refractivity contribution in [3.8, 4) is 0 Å². The summed E-state index contributed by atoms with van der Waals surface area (Å²) in [4.78, 5) is 0. The third-order valence-corrected chi connectivity index (χ3v) is 2.55. The molecule has 3 unspecified atom stereocenters. The summed E-state index contributed by atoms with van der Waals surface area (Å²) in [6.07, 6.45) is 2.87. The van der Waals surface area contributed by atoms with E-state index in [0.29, 0.717) is 0 Å². The van der Waals surface area contributed by atoms with E-state index in [2.05, 4.69) is 20.8 Å². The number of hydrogen-bond acceptors (Lipinski definition) is 0. The van der Waals surface area contributed by atoms with Gasteiger partial charge in [0.15, 0.2) is 0 Å². The molecule has 1 saturated carbocycles. The molecule has 0 aromatic carbocycles. The van der Waals surface area contributed by atoms with Crippen molar-refractivity contribution in [3.05, 3.63) is 0 Å². The first-order valence-electron chi connectivity index (χ1n) is 3.75. The molecule has 0 saturated heterocycles. The molecule has 0 N–H and O–H groups in total. The van der Waals surface area contributed by atoms with Gasteiger partial charge in [-0.1, -0.05) is 27.2 Å². The summed E-state index contributed by atoms with van der Waals surface area (Å²) in [6.45, 7) is 7.01.